The third-order valence-electron chi connectivity index (χ3n) is 3.51. The van der Waals surface area contributed by atoms with Gasteiger partial charge >= 0.3 is 6.18 Å². The van der Waals surface area contributed by atoms with Crippen LogP contribution in [0.5, 0.6) is 0 Å². The minimum Gasteiger partial charge on any atom is -0.326 e. The Labute approximate surface area is 149 Å². The number of alkyl halides is 3. The molecule has 0 radical (unpaired) electrons. The Hall–Kier alpha value is -2.05. The van der Waals surface area contributed by atoms with Crippen molar-refractivity contribution in [2.45, 2.75) is 19.0 Å². The number of hydrogen-bond donors (Lipinski definition) is 2. The van der Waals surface area contributed by atoms with Gasteiger partial charge in [0.05, 0.1) is 5.56 Å². The minimum atomic E-state index is -4.43. The molecule has 0 fully saturated rings. The van der Waals surface area contributed by atoms with Crippen molar-refractivity contribution in [3.63, 3.8) is 0 Å². The summed E-state index contributed by atoms with van der Waals surface area (Å²) in [5, 5.41) is 6.29. The van der Waals surface area contributed by atoms with E-state index in [2.05, 4.69) is 10.6 Å². The number of benzene rings is 2. The molecule has 0 aromatic heterocycles. The van der Waals surface area contributed by atoms with E-state index in [9.17, 15) is 18.0 Å². The molecule has 3 nitrogen and oxygen atoms in total. The lowest BCUT2D eigenvalue weighted by molar-refractivity contribution is -0.137. The van der Waals surface area contributed by atoms with Crippen molar-refractivity contribution < 1.29 is 18.0 Å². The van der Waals surface area contributed by atoms with Gasteiger partial charge in [-0.2, -0.15) is 13.2 Å². The van der Waals surface area contributed by atoms with E-state index in [4.69, 9.17) is 11.6 Å². The molecule has 2 N–H and O–H groups in total. The number of carbonyl (C=O) groups excluding carboxylic acids is 1. The molecule has 0 bridgehead atoms. The maximum atomic E-state index is 12.6. The summed E-state index contributed by atoms with van der Waals surface area (Å²) in [6, 6.07) is 12.1. The summed E-state index contributed by atoms with van der Waals surface area (Å²) in [5.41, 5.74) is 0.484. The highest BCUT2D eigenvalue weighted by molar-refractivity contribution is 6.30. The zero-order valence-corrected chi connectivity index (χ0v) is 14.1. The highest BCUT2D eigenvalue weighted by Crippen LogP contribution is 2.30. The number of halogens is 4. The van der Waals surface area contributed by atoms with Gasteiger partial charge in [0, 0.05) is 23.7 Å². The van der Waals surface area contributed by atoms with E-state index in [1.54, 1.807) is 0 Å². The van der Waals surface area contributed by atoms with Gasteiger partial charge in [0.1, 0.15) is 0 Å². The molecule has 0 saturated carbocycles. The molecule has 0 aliphatic rings. The van der Waals surface area contributed by atoms with Gasteiger partial charge in [-0.05, 0) is 48.9 Å². The summed E-state index contributed by atoms with van der Waals surface area (Å²) in [5.74, 6) is -0.335. The standard InChI is InChI=1S/C18H18ClF3N2O/c19-15-6-4-13(5-7-15)8-10-23-11-9-17(25)24-16-3-1-2-14(12-16)18(20,21)22/h1-7,12,23H,8-11H2,(H,24,25). The predicted molar refractivity (Wildman–Crippen MR) is 92.7 cm³/mol. The Kier molecular flexibility index (Phi) is 6.84. The third kappa shape index (κ3) is 6.76. The summed E-state index contributed by atoms with van der Waals surface area (Å²) in [6.07, 6.45) is -3.45. The molecule has 2 rings (SSSR count). The van der Waals surface area contributed by atoms with Crippen molar-refractivity contribution in [1.29, 1.82) is 0 Å². The molecule has 2 aromatic carbocycles. The van der Waals surface area contributed by atoms with Crippen LogP contribution in [0.15, 0.2) is 48.5 Å². The molecular formula is C18H18ClF3N2O. The molecular weight excluding hydrogens is 353 g/mol. The molecule has 0 saturated heterocycles. The fourth-order valence-corrected chi connectivity index (χ4v) is 2.33. The average Bonchev–Trinajstić information content (AvgIpc) is 2.56. The van der Waals surface area contributed by atoms with Crippen LogP contribution >= 0.6 is 11.6 Å². The molecule has 0 aliphatic carbocycles. The monoisotopic (exact) mass is 370 g/mol. The fraction of sp³-hybridized carbons (Fsp3) is 0.278. The molecule has 0 heterocycles. The first-order chi connectivity index (χ1) is 11.8. The van der Waals surface area contributed by atoms with Crippen molar-refractivity contribution in [3.05, 3.63) is 64.7 Å². The van der Waals surface area contributed by atoms with E-state index >= 15 is 0 Å². The van der Waals surface area contributed by atoms with Crippen LogP contribution < -0.4 is 10.6 Å². The van der Waals surface area contributed by atoms with Crippen LogP contribution in [-0.2, 0) is 17.4 Å². The quantitative estimate of drug-likeness (QED) is 0.703. The molecule has 2 aromatic rings. The summed E-state index contributed by atoms with van der Waals surface area (Å²) in [4.78, 5) is 11.8. The van der Waals surface area contributed by atoms with Crippen molar-refractivity contribution in [2.24, 2.45) is 0 Å². The second-order valence-electron chi connectivity index (χ2n) is 5.50. The highest BCUT2D eigenvalue weighted by Gasteiger charge is 2.30. The van der Waals surface area contributed by atoms with Gasteiger partial charge in [0.25, 0.3) is 0 Å². The van der Waals surface area contributed by atoms with E-state index in [0.717, 1.165) is 24.1 Å². The van der Waals surface area contributed by atoms with Crippen molar-refractivity contribution >= 4 is 23.2 Å². The number of carbonyl (C=O) groups is 1. The summed E-state index contributed by atoms with van der Waals surface area (Å²) >= 11 is 5.81. The molecule has 134 valence electrons. The summed E-state index contributed by atoms with van der Waals surface area (Å²) < 4.78 is 37.9. The maximum Gasteiger partial charge on any atom is 0.416 e. The molecule has 0 unspecified atom stereocenters. The number of hydrogen-bond acceptors (Lipinski definition) is 2. The number of anilines is 1. The van der Waals surface area contributed by atoms with E-state index in [1.165, 1.54) is 12.1 Å². The van der Waals surface area contributed by atoms with Gasteiger partial charge < -0.3 is 10.6 Å². The molecule has 0 spiro atoms. The second-order valence-corrected chi connectivity index (χ2v) is 5.94. The minimum absolute atomic E-state index is 0.140. The first-order valence-electron chi connectivity index (χ1n) is 7.77. The topological polar surface area (TPSA) is 41.1 Å². The van der Waals surface area contributed by atoms with Crippen molar-refractivity contribution in [2.75, 3.05) is 18.4 Å². The smallest absolute Gasteiger partial charge is 0.326 e. The van der Waals surface area contributed by atoms with Crippen LogP contribution in [-0.4, -0.2) is 19.0 Å². The largest absolute Gasteiger partial charge is 0.416 e. The van der Waals surface area contributed by atoms with Gasteiger partial charge in [0.15, 0.2) is 0 Å². The van der Waals surface area contributed by atoms with Gasteiger partial charge in [-0.25, -0.2) is 0 Å². The van der Waals surface area contributed by atoms with Crippen LogP contribution in [0.4, 0.5) is 18.9 Å². The van der Waals surface area contributed by atoms with E-state index < -0.39 is 11.7 Å². The molecule has 1 amide bonds. The second kappa shape index (κ2) is 8.87. The van der Waals surface area contributed by atoms with Crippen molar-refractivity contribution in [3.8, 4) is 0 Å². The maximum absolute atomic E-state index is 12.6. The van der Waals surface area contributed by atoms with Crippen LogP contribution in [0.25, 0.3) is 0 Å². The van der Waals surface area contributed by atoms with E-state index in [1.807, 2.05) is 24.3 Å². The van der Waals surface area contributed by atoms with Crippen LogP contribution in [0.3, 0.4) is 0 Å². The lowest BCUT2D eigenvalue weighted by atomic mass is 10.1. The number of rotatable bonds is 7. The Morgan fingerprint density at radius 3 is 2.44 bits per heavy atom. The third-order valence-corrected chi connectivity index (χ3v) is 3.76. The van der Waals surface area contributed by atoms with Crippen molar-refractivity contribution in [1.82, 2.24) is 5.32 Å². The zero-order valence-electron chi connectivity index (χ0n) is 13.4. The summed E-state index contributed by atoms with van der Waals surface area (Å²) in [6.45, 7) is 1.14. The van der Waals surface area contributed by atoms with Crippen LogP contribution in [0.1, 0.15) is 17.5 Å². The fourth-order valence-electron chi connectivity index (χ4n) is 2.21. The first kappa shape index (κ1) is 19.3. The van der Waals surface area contributed by atoms with Crippen LogP contribution in [0, 0.1) is 0 Å². The molecule has 25 heavy (non-hydrogen) atoms. The Bertz CT molecular complexity index is 702. The highest BCUT2D eigenvalue weighted by atomic mass is 35.5. The lowest BCUT2D eigenvalue weighted by Crippen LogP contribution is -2.23. The van der Waals surface area contributed by atoms with Gasteiger partial charge in [0.2, 0.25) is 5.91 Å². The van der Waals surface area contributed by atoms with Gasteiger partial charge in [-0.15, -0.1) is 0 Å². The Morgan fingerprint density at radius 1 is 1.04 bits per heavy atom. The average molecular weight is 371 g/mol. The van der Waals surface area contributed by atoms with E-state index in [0.29, 0.717) is 18.1 Å². The van der Waals surface area contributed by atoms with Crippen LogP contribution in [0.2, 0.25) is 5.02 Å². The number of nitrogens with one attached hydrogen (secondary N) is 2. The summed E-state index contributed by atoms with van der Waals surface area (Å²) in [7, 11) is 0. The van der Waals surface area contributed by atoms with Gasteiger partial charge in [-0.1, -0.05) is 29.8 Å². The first-order valence-corrected chi connectivity index (χ1v) is 8.14. The Morgan fingerprint density at radius 2 is 1.76 bits per heavy atom. The van der Waals surface area contributed by atoms with Gasteiger partial charge in [-0.3, -0.25) is 4.79 Å². The SMILES string of the molecule is O=C(CCNCCc1ccc(Cl)cc1)Nc1cccc(C(F)(F)F)c1. The predicted octanol–water partition coefficient (Wildman–Crippen LogP) is 4.52. The molecule has 0 aliphatic heterocycles. The Balaban J connectivity index is 1.69. The zero-order chi connectivity index (χ0) is 18.3. The number of amides is 1. The lowest BCUT2D eigenvalue weighted by Gasteiger charge is -2.10. The molecule has 7 heteroatoms. The normalized spacial score (nSPS) is 11.4. The molecule has 0 atom stereocenters. The van der Waals surface area contributed by atoms with E-state index in [-0.39, 0.29) is 18.0 Å².